The van der Waals surface area contributed by atoms with Crippen molar-refractivity contribution in [2.24, 2.45) is 0 Å². The molecule has 4 heteroatoms. The molecule has 120 valence electrons. The summed E-state index contributed by atoms with van der Waals surface area (Å²) in [5.74, 6) is 0.945. The quantitative estimate of drug-likeness (QED) is 0.680. The minimum Gasteiger partial charge on any atom is -0.492 e. The van der Waals surface area contributed by atoms with Gasteiger partial charge in [-0.25, -0.2) is 0 Å². The van der Waals surface area contributed by atoms with Gasteiger partial charge in [0.15, 0.2) is 0 Å². The number of hydrogen-bond donors (Lipinski definition) is 1. The van der Waals surface area contributed by atoms with Crippen LogP contribution < -0.4 is 10.1 Å². The van der Waals surface area contributed by atoms with Crippen LogP contribution in [0.3, 0.4) is 0 Å². The Kier molecular flexibility index (Phi) is 9.06. The second kappa shape index (κ2) is 10.6. The number of rotatable bonds is 11. The molecule has 0 bridgehead atoms. The largest absolute Gasteiger partial charge is 0.492 e. The monoisotopic (exact) mass is 294 g/mol. The highest BCUT2D eigenvalue weighted by molar-refractivity contribution is 5.28. The van der Waals surface area contributed by atoms with E-state index in [2.05, 4.69) is 43.1 Å². The van der Waals surface area contributed by atoms with E-state index in [9.17, 15) is 0 Å². The molecule has 0 spiro atoms. The van der Waals surface area contributed by atoms with Crippen molar-refractivity contribution in [1.82, 2.24) is 10.2 Å². The minimum absolute atomic E-state index is 0.504. The van der Waals surface area contributed by atoms with E-state index in [-0.39, 0.29) is 0 Å². The number of methoxy groups -OCH3 is 1. The third-order valence-corrected chi connectivity index (χ3v) is 3.44. The van der Waals surface area contributed by atoms with Gasteiger partial charge in [-0.2, -0.15) is 0 Å². The Balaban J connectivity index is 2.39. The molecule has 0 radical (unpaired) electrons. The molecule has 0 aliphatic rings. The van der Waals surface area contributed by atoms with E-state index in [0.29, 0.717) is 12.6 Å². The third-order valence-electron chi connectivity index (χ3n) is 3.44. The molecule has 0 fully saturated rings. The Bertz CT molecular complexity index is 383. The fourth-order valence-corrected chi connectivity index (χ4v) is 2.13. The van der Waals surface area contributed by atoms with Gasteiger partial charge in [0, 0.05) is 32.8 Å². The predicted octanol–water partition coefficient (Wildman–Crippen LogP) is 2.53. The van der Waals surface area contributed by atoms with Crippen molar-refractivity contribution in [2.45, 2.75) is 33.4 Å². The Morgan fingerprint density at radius 1 is 1.19 bits per heavy atom. The van der Waals surface area contributed by atoms with Gasteiger partial charge in [-0.15, -0.1) is 0 Å². The summed E-state index contributed by atoms with van der Waals surface area (Å²) in [4.78, 5) is 2.37. The van der Waals surface area contributed by atoms with Crippen LogP contribution in [0.4, 0.5) is 0 Å². The average Bonchev–Trinajstić information content (AvgIpc) is 2.48. The molecule has 0 aliphatic carbocycles. The first kappa shape index (κ1) is 18.0. The Morgan fingerprint density at radius 2 is 1.95 bits per heavy atom. The molecule has 0 atom stereocenters. The minimum atomic E-state index is 0.504. The van der Waals surface area contributed by atoms with Crippen molar-refractivity contribution in [3.63, 3.8) is 0 Å². The molecular weight excluding hydrogens is 264 g/mol. The maximum Gasteiger partial charge on any atom is 0.119 e. The van der Waals surface area contributed by atoms with Crippen molar-refractivity contribution in [1.29, 1.82) is 0 Å². The summed E-state index contributed by atoms with van der Waals surface area (Å²) in [6, 6.07) is 8.80. The maximum atomic E-state index is 5.88. The predicted molar refractivity (Wildman–Crippen MR) is 87.9 cm³/mol. The van der Waals surface area contributed by atoms with Crippen LogP contribution in [0.2, 0.25) is 0 Å². The molecule has 4 nitrogen and oxygen atoms in total. The highest BCUT2D eigenvalue weighted by atomic mass is 16.5. The van der Waals surface area contributed by atoms with E-state index in [0.717, 1.165) is 38.5 Å². The van der Waals surface area contributed by atoms with Crippen molar-refractivity contribution < 1.29 is 9.47 Å². The Morgan fingerprint density at radius 3 is 2.62 bits per heavy atom. The zero-order chi connectivity index (χ0) is 15.5. The molecule has 0 aliphatic heterocycles. The summed E-state index contributed by atoms with van der Waals surface area (Å²) in [5.41, 5.74) is 1.26. The number of nitrogens with zero attached hydrogens (tertiary/aromatic N) is 1. The zero-order valence-corrected chi connectivity index (χ0v) is 13.9. The fourth-order valence-electron chi connectivity index (χ4n) is 2.13. The zero-order valence-electron chi connectivity index (χ0n) is 13.9. The van der Waals surface area contributed by atoms with E-state index >= 15 is 0 Å². The number of hydrogen-bond acceptors (Lipinski definition) is 4. The van der Waals surface area contributed by atoms with E-state index in [1.165, 1.54) is 5.56 Å². The van der Waals surface area contributed by atoms with Gasteiger partial charge < -0.3 is 14.8 Å². The molecule has 0 heterocycles. The first-order valence-corrected chi connectivity index (χ1v) is 7.82. The van der Waals surface area contributed by atoms with Crippen LogP contribution in [-0.4, -0.2) is 50.9 Å². The highest BCUT2D eigenvalue weighted by Crippen LogP contribution is 2.13. The van der Waals surface area contributed by atoms with Gasteiger partial charge in [0.2, 0.25) is 0 Å². The van der Waals surface area contributed by atoms with Gasteiger partial charge in [-0.1, -0.05) is 19.1 Å². The van der Waals surface area contributed by atoms with Crippen LogP contribution in [-0.2, 0) is 11.3 Å². The summed E-state index contributed by atoms with van der Waals surface area (Å²) in [5, 5.41) is 3.33. The van der Waals surface area contributed by atoms with E-state index in [1.54, 1.807) is 7.11 Å². The normalized spacial score (nSPS) is 11.3. The van der Waals surface area contributed by atoms with E-state index in [4.69, 9.17) is 9.47 Å². The lowest BCUT2D eigenvalue weighted by molar-refractivity contribution is 0.116. The van der Waals surface area contributed by atoms with Gasteiger partial charge in [-0.3, -0.25) is 4.90 Å². The lowest BCUT2D eigenvalue weighted by Crippen LogP contribution is -2.37. The maximum absolute atomic E-state index is 5.88. The summed E-state index contributed by atoms with van der Waals surface area (Å²) in [7, 11) is 1.74. The second-order valence-electron chi connectivity index (χ2n) is 5.40. The second-order valence-corrected chi connectivity index (χ2v) is 5.40. The SMILES string of the molecule is CCNCc1cccc(OCCN(CCOC)C(C)C)c1. The standard InChI is InChI=1S/C17H30N2O2/c1-5-18-14-16-7-6-8-17(13-16)21-12-10-19(15(2)3)9-11-20-4/h6-8,13,15,18H,5,9-12,14H2,1-4H3. The Labute approximate surface area is 129 Å². The highest BCUT2D eigenvalue weighted by Gasteiger charge is 2.09. The van der Waals surface area contributed by atoms with Crippen LogP contribution in [0.5, 0.6) is 5.75 Å². The summed E-state index contributed by atoms with van der Waals surface area (Å²) < 4.78 is 11.0. The molecular formula is C17H30N2O2. The third kappa shape index (κ3) is 7.46. The Hall–Kier alpha value is -1.10. The van der Waals surface area contributed by atoms with Crippen LogP contribution >= 0.6 is 0 Å². The number of benzene rings is 1. The smallest absolute Gasteiger partial charge is 0.119 e. The van der Waals surface area contributed by atoms with Crippen molar-refractivity contribution in [3.8, 4) is 5.75 Å². The van der Waals surface area contributed by atoms with Crippen LogP contribution in [0.25, 0.3) is 0 Å². The van der Waals surface area contributed by atoms with Crippen molar-refractivity contribution >= 4 is 0 Å². The first-order valence-electron chi connectivity index (χ1n) is 7.82. The summed E-state index contributed by atoms with van der Waals surface area (Å²) in [6.45, 7) is 11.7. The topological polar surface area (TPSA) is 33.7 Å². The van der Waals surface area contributed by atoms with Gasteiger partial charge in [0.1, 0.15) is 12.4 Å². The van der Waals surface area contributed by atoms with Gasteiger partial charge >= 0.3 is 0 Å². The van der Waals surface area contributed by atoms with Gasteiger partial charge in [0.25, 0.3) is 0 Å². The lowest BCUT2D eigenvalue weighted by Gasteiger charge is -2.26. The molecule has 21 heavy (non-hydrogen) atoms. The molecule has 0 aromatic heterocycles. The van der Waals surface area contributed by atoms with Crippen molar-refractivity contribution in [2.75, 3.05) is 40.0 Å². The van der Waals surface area contributed by atoms with Gasteiger partial charge in [-0.05, 0) is 38.1 Å². The van der Waals surface area contributed by atoms with E-state index < -0.39 is 0 Å². The molecule has 1 N–H and O–H groups in total. The van der Waals surface area contributed by atoms with Gasteiger partial charge in [0.05, 0.1) is 6.61 Å². The molecule has 1 rings (SSSR count). The summed E-state index contributed by atoms with van der Waals surface area (Å²) >= 11 is 0. The van der Waals surface area contributed by atoms with Crippen LogP contribution in [0.1, 0.15) is 26.3 Å². The number of ether oxygens (including phenoxy) is 2. The fraction of sp³-hybridized carbons (Fsp3) is 0.647. The van der Waals surface area contributed by atoms with Crippen LogP contribution in [0.15, 0.2) is 24.3 Å². The van der Waals surface area contributed by atoms with Crippen LogP contribution in [0, 0.1) is 0 Å². The molecule has 1 aromatic rings. The molecule has 1 aromatic carbocycles. The lowest BCUT2D eigenvalue weighted by atomic mass is 10.2. The molecule has 0 unspecified atom stereocenters. The number of nitrogens with one attached hydrogen (secondary N) is 1. The molecule has 0 amide bonds. The molecule has 0 saturated heterocycles. The van der Waals surface area contributed by atoms with E-state index in [1.807, 2.05) is 12.1 Å². The summed E-state index contributed by atoms with van der Waals surface area (Å²) in [6.07, 6.45) is 0. The first-order chi connectivity index (χ1) is 10.2. The molecule has 0 saturated carbocycles. The van der Waals surface area contributed by atoms with Crippen molar-refractivity contribution in [3.05, 3.63) is 29.8 Å². The average molecular weight is 294 g/mol.